The van der Waals surface area contributed by atoms with Gasteiger partial charge in [-0.1, -0.05) is 354 Å². The first-order chi connectivity index (χ1) is 35.6. The van der Waals surface area contributed by atoms with Crippen molar-refractivity contribution < 1.29 is 14.3 Å². The predicted molar refractivity (Wildman–Crippen MR) is 321 cm³/mol. The summed E-state index contributed by atoms with van der Waals surface area (Å²) < 4.78 is 5.85. The van der Waals surface area contributed by atoms with Gasteiger partial charge in [-0.15, -0.1) is 0 Å². The monoisotopic (exact) mass is 1010 g/mol. The smallest absolute Gasteiger partial charge is 0.309 e. The molecule has 4 heteroatoms. The van der Waals surface area contributed by atoms with Gasteiger partial charge in [0.25, 0.3) is 0 Å². The molecule has 0 saturated heterocycles. The van der Waals surface area contributed by atoms with Crippen LogP contribution in [-0.4, -0.2) is 36.5 Å². The van der Waals surface area contributed by atoms with Crippen molar-refractivity contribution in [3.63, 3.8) is 0 Å². The lowest BCUT2D eigenvalue weighted by Gasteiger charge is -2.25. The molecule has 0 spiro atoms. The van der Waals surface area contributed by atoms with E-state index in [2.05, 4.69) is 44.7 Å². The number of hydrogen-bond acceptors (Lipinski definition) is 3. The first-order valence-corrected chi connectivity index (χ1v) is 33.7. The van der Waals surface area contributed by atoms with E-state index in [-0.39, 0.29) is 24.2 Å². The summed E-state index contributed by atoms with van der Waals surface area (Å²) in [5, 5.41) is 0. The van der Waals surface area contributed by atoms with E-state index in [9.17, 15) is 9.59 Å². The van der Waals surface area contributed by atoms with Crippen LogP contribution in [0.3, 0.4) is 0 Å². The van der Waals surface area contributed by atoms with Crippen LogP contribution < -0.4 is 0 Å². The van der Waals surface area contributed by atoms with Gasteiger partial charge in [0.1, 0.15) is 0 Å². The maximum absolute atomic E-state index is 13.9. The van der Waals surface area contributed by atoms with Gasteiger partial charge < -0.3 is 9.64 Å². The van der Waals surface area contributed by atoms with Gasteiger partial charge in [-0.2, -0.15) is 0 Å². The van der Waals surface area contributed by atoms with E-state index in [1.807, 2.05) is 0 Å². The Morgan fingerprint density at radius 3 is 0.861 bits per heavy atom. The van der Waals surface area contributed by atoms with E-state index in [1.54, 1.807) is 0 Å². The highest BCUT2D eigenvalue weighted by atomic mass is 16.5. The standard InChI is InChI=1S/C68H133NO3/c1-5-9-13-17-21-22-23-24-25-26-27-28-29-30-31-32-33-34-35-36-37-38-39-40-41-42-43-44-45-46-47-48-49-50-51-52-53-57-61-66(68(71)72-64-60-56-20-16-12-8-4)65-67(70)69(62-58-54-18-14-10-6-2)63-59-55-19-15-11-7-3/h53,57,66H,5-52,54-56,58-65H2,1-4H3/b57-53+. The molecule has 0 aromatic carbocycles. The van der Waals surface area contributed by atoms with Gasteiger partial charge in [-0.3, -0.25) is 9.59 Å². The third kappa shape index (κ3) is 54.9. The maximum atomic E-state index is 13.9. The lowest BCUT2D eigenvalue weighted by Crippen LogP contribution is -2.35. The molecule has 0 aromatic heterocycles. The van der Waals surface area contributed by atoms with Crippen LogP contribution in [0.5, 0.6) is 0 Å². The lowest BCUT2D eigenvalue weighted by molar-refractivity contribution is -0.151. The predicted octanol–water partition coefficient (Wildman–Crippen LogP) is 23.5. The Bertz CT molecular complexity index is 1060. The molecule has 0 saturated carbocycles. The number of allylic oxidation sites excluding steroid dienone is 2. The fourth-order valence-corrected chi connectivity index (χ4v) is 10.9. The Balaban J connectivity index is 4.04. The minimum Gasteiger partial charge on any atom is -0.465 e. The van der Waals surface area contributed by atoms with Crippen molar-refractivity contribution in [2.24, 2.45) is 5.92 Å². The number of carbonyl (C=O) groups excluding carboxylic acids is 2. The summed E-state index contributed by atoms with van der Waals surface area (Å²) in [5.41, 5.74) is 0. The minimum atomic E-state index is -0.377. The fraction of sp³-hybridized carbons (Fsp3) is 0.941. The van der Waals surface area contributed by atoms with E-state index in [0.717, 1.165) is 45.2 Å². The van der Waals surface area contributed by atoms with Crippen LogP contribution in [-0.2, 0) is 14.3 Å². The average molecular weight is 1010 g/mol. The Labute approximate surface area is 454 Å². The van der Waals surface area contributed by atoms with Gasteiger partial charge in [0.2, 0.25) is 5.91 Å². The summed E-state index contributed by atoms with van der Waals surface area (Å²) in [6.07, 6.45) is 78.6. The van der Waals surface area contributed by atoms with Crippen molar-refractivity contribution >= 4 is 11.9 Å². The zero-order valence-corrected chi connectivity index (χ0v) is 50.1. The van der Waals surface area contributed by atoms with E-state index in [4.69, 9.17) is 4.74 Å². The van der Waals surface area contributed by atoms with Crippen LogP contribution in [0.4, 0.5) is 0 Å². The van der Waals surface area contributed by atoms with Crippen molar-refractivity contribution in [2.75, 3.05) is 19.7 Å². The molecule has 0 N–H and O–H groups in total. The molecule has 4 nitrogen and oxygen atoms in total. The number of hydrogen-bond donors (Lipinski definition) is 0. The second-order valence-electron chi connectivity index (χ2n) is 23.3. The third-order valence-electron chi connectivity index (χ3n) is 16.0. The molecule has 0 aliphatic carbocycles. The summed E-state index contributed by atoms with van der Waals surface area (Å²) in [7, 11) is 0. The van der Waals surface area contributed by atoms with Crippen molar-refractivity contribution in [3.8, 4) is 0 Å². The Hall–Kier alpha value is -1.32. The molecule has 0 fully saturated rings. The van der Waals surface area contributed by atoms with Crippen molar-refractivity contribution in [2.45, 2.75) is 387 Å². The highest BCUT2D eigenvalue weighted by Gasteiger charge is 2.25. The normalized spacial score (nSPS) is 12.1. The molecule has 0 bridgehead atoms. The summed E-state index contributed by atoms with van der Waals surface area (Å²) in [6, 6.07) is 0. The zero-order chi connectivity index (χ0) is 52.2. The van der Waals surface area contributed by atoms with Crippen molar-refractivity contribution in [1.29, 1.82) is 0 Å². The summed E-state index contributed by atoms with van der Waals surface area (Å²) in [4.78, 5) is 29.4. The maximum Gasteiger partial charge on any atom is 0.309 e. The summed E-state index contributed by atoms with van der Waals surface area (Å²) >= 11 is 0. The van der Waals surface area contributed by atoms with E-state index in [1.165, 1.54) is 315 Å². The largest absolute Gasteiger partial charge is 0.465 e. The first kappa shape index (κ1) is 70.7. The van der Waals surface area contributed by atoms with Gasteiger partial charge in [-0.25, -0.2) is 0 Å². The average Bonchev–Trinajstić information content (AvgIpc) is 3.38. The topological polar surface area (TPSA) is 46.6 Å². The first-order valence-electron chi connectivity index (χ1n) is 33.7. The zero-order valence-electron chi connectivity index (χ0n) is 50.1. The van der Waals surface area contributed by atoms with E-state index in [0.29, 0.717) is 13.0 Å². The molecule has 0 aliphatic heterocycles. The Kier molecular flexibility index (Phi) is 61.1. The molecule has 72 heavy (non-hydrogen) atoms. The number of unbranched alkanes of at least 4 members (excludes halogenated alkanes) is 50. The molecule has 0 aromatic rings. The van der Waals surface area contributed by atoms with E-state index < -0.39 is 0 Å². The van der Waals surface area contributed by atoms with Gasteiger partial charge in [0, 0.05) is 19.5 Å². The molecule has 0 aliphatic rings. The second kappa shape index (κ2) is 62.2. The highest BCUT2D eigenvalue weighted by molar-refractivity contribution is 5.83. The SMILES string of the molecule is CCCCCCCCCCCCCCCCCCCCCCCCCCCCCCCCCCCCC/C=C/CC(CC(=O)N(CCCCCCCC)CCCCCCCC)C(=O)OCCCCCCCC. The van der Waals surface area contributed by atoms with Gasteiger partial charge >= 0.3 is 5.97 Å². The van der Waals surface area contributed by atoms with Crippen LogP contribution in [0.1, 0.15) is 387 Å². The quantitative estimate of drug-likeness (QED) is 0.0346. The van der Waals surface area contributed by atoms with Gasteiger partial charge in [-0.05, 0) is 38.5 Å². The van der Waals surface area contributed by atoms with Gasteiger partial charge in [0.15, 0.2) is 0 Å². The van der Waals surface area contributed by atoms with E-state index >= 15 is 0 Å². The number of esters is 1. The van der Waals surface area contributed by atoms with Crippen molar-refractivity contribution in [1.82, 2.24) is 4.90 Å². The number of amides is 1. The fourth-order valence-electron chi connectivity index (χ4n) is 10.9. The molecule has 1 amide bonds. The van der Waals surface area contributed by atoms with Crippen molar-refractivity contribution in [3.05, 3.63) is 12.2 Å². The third-order valence-corrected chi connectivity index (χ3v) is 16.0. The molecule has 0 heterocycles. The molecule has 428 valence electrons. The highest BCUT2D eigenvalue weighted by Crippen LogP contribution is 2.20. The van der Waals surface area contributed by atoms with Crippen LogP contribution in [0, 0.1) is 5.92 Å². The molecular weight excluding hydrogens is 879 g/mol. The molecule has 0 radical (unpaired) electrons. The minimum absolute atomic E-state index is 0.156. The number of carbonyl (C=O) groups is 2. The van der Waals surface area contributed by atoms with Crippen LogP contribution in [0.15, 0.2) is 12.2 Å². The van der Waals surface area contributed by atoms with Crippen LogP contribution in [0.2, 0.25) is 0 Å². The van der Waals surface area contributed by atoms with Gasteiger partial charge in [0.05, 0.1) is 12.5 Å². The molecule has 1 unspecified atom stereocenters. The number of ether oxygens (including phenoxy) is 1. The lowest BCUT2D eigenvalue weighted by atomic mass is 9.99. The molecule has 0 rings (SSSR count). The summed E-state index contributed by atoms with van der Waals surface area (Å²) in [6.45, 7) is 11.2. The Morgan fingerprint density at radius 1 is 0.319 bits per heavy atom. The number of rotatable bonds is 62. The van der Waals surface area contributed by atoms with Crippen LogP contribution in [0.25, 0.3) is 0 Å². The molecular formula is C68H133NO3. The second-order valence-corrected chi connectivity index (χ2v) is 23.3. The molecule has 1 atom stereocenters. The summed E-state index contributed by atoms with van der Waals surface area (Å²) in [5.74, 6) is -0.385. The number of nitrogens with zero attached hydrogens (tertiary/aromatic N) is 1. The van der Waals surface area contributed by atoms with Crippen LogP contribution >= 0.6 is 0 Å². The Morgan fingerprint density at radius 2 is 0.569 bits per heavy atom.